The summed E-state index contributed by atoms with van der Waals surface area (Å²) in [4.78, 5) is 0. The molecule has 0 aromatic heterocycles. The first-order chi connectivity index (χ1) is 5.86. The fourth-order valence-electron chi connectivity index (χ4n) is 2.40. The summed E-state index contributed by atoms with van der Waals surface area (Å²) in [5.74, 6) is 0.816. The van der Waals surface area contributed by atoms with Crippen molar-refractivity contribution >= 4 is 0 Å². The highest BCUT2D eigenvalue weighted by Crippen LogP contribution is 2.24. The minimum atomic E-state index is 0.749. The van der Waals surface area contributed by atoms with Gasteiger partial charge in [-0.2, -0.15) is 5.06 Å². The Labute approximate surface area is 73.7 Å². The first kappa shape index (κ1) is 8.48. The van der Waals surface area contributed by atoms with Crippen molar-refractivity contribution in [1.82, 2.24) is 10.4 Å². The molecule has 0 bridgehead atoms. The third-order valence-electron chi connectivity index (χ3n) is 3.18. The highest BCUT2D eigenvalue weighted by atomic mass is 16.5. The summed E-state index contributed by atoms with van der Waals surface area (Å²) in [6, 6.07) is 0.749. The number of rotatable bonds is 1. The zero-order valence-corrected chi connectivity index (χ0v) is 7.50. The summed E-state index contributed by atoms with van der Waals surface area (Å²) in [6.07, 6.45) is 5.00. The Morgan fingerprint density at radius 1 is 1.17 bits per heavy atom. The van der Waals surface area contributed by atoms with Gasteiger partial charge in [-0.3, -0.25) is 0 Å². The molecule has 3 nitrogen and oxygen atoms in total. The minimum absolute atomic E-state index is 0.749. The molecule has 70 valence electrons. The molecule has 0 amide bonds. The molecule has 2 N–H and O–H groups in total. The van der Waals surface area contributed by atoms with Gasteiger partial charge in [-0.1, -0.05) is 0 Å². The van der Waals surface area contributed by atoms with Gasteiger partial charge in [0, 0.05) is 19.1 Å². The van der Waals surface area contributed by atoms with E-state index >= 15 is 0 Å². The van der Waals surface area contributed by atoms with Crippen LogP contribution in [-0.4, -0.2) is 35.9 Å². The smallest absolute Gasteiger partial charge is 0.0241 e. The van der Waals surface area contributed by atoms with Crippen LogP contribution in [0.15, 0.2) is 0 Å². The molecule has 2 heterocycles. The van der Waals surface area contributed by atoms with Gasteiger partial charge in [0.2, 0.25) is 0 Å². The molecule has 12 heavy (non-hydrogen) atoms. The van der Waals surface area contributed by atoms with E-state index in [-0.39, 0.29) is 0 Å². The lowest BCUT2D eigenvalue weighted by molar-refractivity contribution is -0.113. The van der Waals surface area contributed by atoms with Gasteiger partial charge in [-0.05, 0) is 38.1 Å². The second-order valence-corrected chi connectivity index (χ2v) is 3.99. The zero-order valence-electron chi connectivity index (χ0n) is 7.50. The van der Waals surface area contributed by atoms with Crippen molar-refractivity contribution in [3.05, 3.63) is 0 Å². The monoisotopic (exact) mass is 170 g/mol. The van der Waals surface area contributed by atoms with E-state index in [4.69, 9.17) is 0 Å². The van der Waals surface area contributed by atoms with E-state index in [2.05, 4.69) is 5.32 Å². The maximum absolute atomic E-state index is 9.18. The normalized spacial score (nSPS) is 34.2. The maximum atomic E-state index is 9.18. The molecule has 1 atom stereocenters. The van der Waals surface area contributed by atoms with Crippen LogP contribution in [0.1, 0.15) is 25.7 Å². The number of nitrogens with zero attached hydrogens (tertiary/aromatic N) is 1. The van der Waals surface area contributed by atoms with Crippen LogP contribution in [0.3, 0.4) is 0 Å². The lowest BCUT2D eigenvalue weighted by atomic mass is 9.89. The summed E-state index contributed by atoms with van der Waals surface area (Å²) in [5.41, 5.74) is 0. The summed E-state index contributed by atoms with van der Waals surface area (Å²) < 4.78 is 0. The minimum Gasteiger partial charge on any atom is -0.314 e. The predicted molar refractivity (Wildman–Crippen MR) is 47.1 cm³/mol. The Morgan fingerprint density at radius 2 is 1.92 bits per heavy atom. The van der Waals surface area contributed by atoms with Gasteiger partial charge in [0.15, 0.2) is 0 Å². The van der Waals surface area contributed by atoms with E-state index in [0.29, 0.717) is 0 Å². The average Bonchev–Trinajstić information content (AvgIpc) is 2.58. The Balaban J connectivity index is 1.80. The van der Waals surface area contributed by atoms with E-state index in [1.165, 1.54) is 24.4 Å². The van der Waals surface area contributed by atoms with Gasteiger partial charge in [-0.25, -0.2) is 0 Å². The third-order valence-corrected chi connectivity index (χ3v) is 3.18. The molecule has 0 aromatic carbocycles. The van der Waals surface area contributed by atoms with E-state index in [1.54, 1.807) is 0 Å². The molecule has 2 saturated heterocycles. The molecule has 0 radical (unpaired) electrons. The van der Waals surface area contributed by atoms with Crippen molar-refractivity contribution in [1.29, 1.82) is 0 Å². The van der Waals surface area contributed by atoms with Crippen LogP contribution < -0.4 is 5.32 Å². The van der Waals surface area contributed by atoms with Crippen LogP contribution in [0.4, 0.5) is 0 Å². The molecule has 1 unspecified atom stereocenters. The number of hydrogen-bond acceptors (Lipinski definition) is 3. The molecule has 2 aliphatic heterocycles. The fraction of sp³-hybridized carbons (Fsp3) is 1.00. The van der Waals surface area contributed by atoms with Gasteiger partial charge in [-0.15, -0.1) is 0 Å². The summed E-state index contributed by atoms with van der Waals surface area (Å²) in [5, 5.41) is 14.2. The Morgan fingerprint density at radius 3 is 2.50 bits per heavy atom. The molecule has 2 aliphatic rings. The van der Waals surface area contributed by atoms with E-state index in [0.717, 1.165) is 37.9 Å². The molecule has 0 spiro atoms. The van der Waals surface area contributed by atoms with Crippen molar-refractivity contribution < 1.29 is 5.21 Å². The predicted octanol–water partition coefficient (Wildman–Crippen LogP) is 0.840. The lowest BCUT2D eigenvalue weighted by Gasteiger charge is -2.31. The van der Waals surface area contributed by atoms with Crippen LogP contribution in [0, 0.1) is 5.92 Å². The Hall–Kier alpha value is -0.120. The molecular formula is C9H18N2O. The van der Waals surface area contributed by atoms with E-state index in [1.807, 2.05) is 0 Å². The summed E-state index contributed by atoms with van der Waals surface area (Å²) in [7, 11) is 0. The van der Waals surface area contributed by atoms with E-state index < -0.39 is 0 Å². The maximum Gasteiger partial charge on any atom is 0.0241 e. The van der Waals surface area contributed by atoms with Gasteiger partial charge in [0.1, 0.15) is 0 Å². The van der Waals surface area contributed by atoms with Crippen molar-refractivity contribution in [2.24, 2.45) is 5.92 Å². The highest BCUT2D eigenvalue weighted by Gasteiger charge is 2.27. The Bertz CT molecular complexity index is 137. The molecule has 2 rings (SSSR count). The topological polar surface area (TPSA) is 35.5 Å². The van der Waals surface area contributed by atoms with Gasteiger partial charge >= 0.3 is 0 Å². The number of hydroxylamine groups is 2. The average molecular weight is 170 g/mol. The van der Waals surface area contributed by atoms with Gasteiger partial charge < -0.3 is 10.5 Å². The van der Waals surface area contributed by atoms with Crippen molar-refractivity contribution in [3.8, 4) is 0 Å². The van der Waals surface area contributed by atoms with Crippen LogP contribution in [0.5, 0.6) is 0 Å². The highest BCUT2D eigenvalue weighted by molar-refractivity contribution is 4.84. The second-order valence-electron chi connectivity index (χ2n) is 3.99. The fourth-order valence-corrected chi connectivity index (χ4v) is 2.40. The van der Waals surface area contributed by atoms with Crippen LogP contribution in [-0.2, 0) is 0 Å². The SMILES string of the molecule is ON1CCC(C2CCCN2)CC1. The number of nitrogens with one attached hydrogen (secondary N) is 1. The molecule has 3 heteroatoms. The summed E-state index contributed by atoms with van der Waals surface area (Å²) >= 11 is 0. The van der Waals surface area contributed by atoms with E-state index in [9.17, 15) is 5.21 Å². The summed E-state index contributed by atoms with van der Waals surface area (Å²) in [6.45, 7) is 2.93. The van der Waals surface area contributed by atoms with Crippen molar-refractivity contribution in [2.75, 3.05) is 19.6 Å². The van der Waals surface area contributed by atoms with Crippen LogP contribution in [0.25, 0.3) is 0 Å². The number of hydrogen-bond donors (Lipinski definition) is 2. The molecule has 2 fully saturated rings. The quantitative estimate of drug-likeness (QED) is 0.612. The van der Waals surface area contributed by atoms with Crippen molar-refractivity contribution in [2.45, 2.75) is 31.7 Å². The third kappa shape index (κ3) is 1.79. The van der Waals surface area contributed by atoms with Crippen molar-refractivity contribution in [3.63, 3.8) is 0 Å². The van der Waals surface area contributed by atoms with Gasteiger partial charge in [0.25, 0.3) is 0 Å². The molecular weight excluding hydrogens is 152 g/mol. The molecule has 0 aromatic rings. The number of piperidine rings is 1. The zero-order chi connectivity index (χ0) is 8.39. The first-order valence-electron chi connectivity index (χ1n) is 5.03. The first-order valence-corrected chi connectivity index (χ1v) is 5.03. The lowest BCUT2D eigenvalue weighted by Crippen LogP contribution is -2.39. The second kappa shape index (κ2) is 3.73. The van der Waals surface area contributed by atoms with Crippen LogP contribution >= 0.6 is 0 Å². The molecule has 0 aliphatic carbocycles. The standard InChI is InChI=1S/C9H18N2O/c12-11-6-3-8(4-7-11)9-2-1-5-10-9/h8-10,12H,1-7H2. The van der Waals surface area contributed by atoms with Crippen LogP contribution in [0.2, 0.25) is 0 Å². The Kier molecular flexibility index (Phi) is 2.63. The molecule has 0 saturated carbocycles. The van der Waals surface area contributed by atoms with Gasteiger partial charge in [0.05, 0.1) is 0 Å². The largest absolute Gasteiger partial charge is 0.314 e.